The smallest absolute Gasteiger partial charge is 0.181 e. The SMILES string of the molecule is Cc1ccc(-c2cncc3[nH]c(-c4[nH]nc5ncc(-c6cncc(CNCC7CCCC7)c6)cc45)nc23)s1. The number of nitrogens with zero attached hydrogens (tertiary/aromatic N) is 5. The van der Waals surface area contributed by atoms with Crippen LogP contribution in [0.15, 0.2) is 55.2 Å². The zero-order valence-corrected chi connectivity index (χ0v) is 22.0. The maximum absolute atomic E-state index is 4.97. The number of H-pyrrole nitrogens is 2. The first-order valence-corrected chi connectivity index (χ1v) is 13.9. The van der Waals surface area contributed by atoms with Crippen molar-refractivity contribution < 1.29 is 0 Å². The first kappa shape index (κ1) is 23.2. The summed E-state index contributed by atoms with van der Waals surface area (Å²) in [4.78, 5) is 24.4. The average molecular weight is 521 g/mol. The van der Waals surface area contributed by atoms with Gasteiger partial charge in [0.2, 0.25) is 0 Å². The van der Waals surface area contributed by atoms with Gasteiger partial charge >= 0.3 is 0 Å². The molecule has 0 saturated heterocycles. The summed E-state index contributed by atoms with van der Waals surface area (Å²) in [6.45, 7) is 4.01. The van der Waals surface area contributed by atoms with Gasteiger partial charge in [-0.15, -0.1) is 11.3 Å². The van der Waals surface area contributed by atoms with Crippen molar-refractivity contribution in [2.75, 3.05) is 6.54 Å². The standard InChI is InChI=1S/C29H28N8S/c1-17-6-7-25(38-17)23-15-32-16-24-26(23)35-29(34-24)27-22-9-21(14-33-28(22)37-36-27)20-8-19(12-31-13-20)11-30-10-18-4-2-3-5-18/h6-9,12-16,18,30H,2-5,10-11H2,1H3,(H,34,35)(H,33,36,37). The van der Waals surface area contributed by atoms with Gasteiger partial charge in [0.1, 0.15) is 11.2 Å². The van der Waals surface area contributed by atoms with E-state index in [-0.39, 0.29) is 0 Å². The van der Waals surface area contributed by atoms with Gasteiger partial charge in [0.25, 0.3) is 0 Å². The average Bonchev–Trinajstić information content (AvgIpc) is 3.74. The monoisotopic (exact) mass is 520 g/mol. The molecule has 6 heterocycles. The maximum atomic E-state index is 4.97. The molecule has 190 valence electrons. The molecule has 0 atom stereocenters. The number of thiophene rings is 1. The van der Waals surface area contributed by atoms with E-state index in [4.69, 9.17) is 4.98 Å². The van der Waals surface area contributed by atoms with Crippen molar-refractivity contribution in [2.24, 2.45) is 5.92 Å². The van der Waals surface area contributed by atoms with Crippen LogP contribution in [-0.4, -0.2) is 41.7 Å². The largest absolute Gasteiger partial charge is 0.335 e. The van der Waals surface area contributed by atoms with Crippen LogP contribution < -0.4 is 5.32 Å². The van der Waals surface area contributed by atoms with Gasteiger partial charge in [-0.25, -0.2) is 9.97 Å². The quantitative estimate of drug-likeness (QED) is 0.229. The minimum absolute atomic E-state index is 0.652. The van der Waals surface area contributed by atoms with Crippen molar-refractivity contribution in [3.05, 3.63) is 65.7 Å². The van der Waals surface area contributed by atoms with Crippen molar-refractivity contribution in [3.63, 3.8) is 0 Å². The third kappa shape index (κ3) is 4.37. The second kappa shape index (κ2) is 9.74. The second-order valence-corrected chi connectivity index (χ2v) is 11.4. The number of aromatic amines is 2. The third-order valence-electron chi connectivity index (χ3n) is 7.41. The number of hydrogen-bond acceptors (Lipinski definition) is 7. The molecule has 38 heavy (non-hydrogen) atoms. The summed E-state index contributed by atoms with van der Waals surface area (Å²) in [5.74, 6) is 1.53. The molecular weight excluding hydrogens is 492 g/mol. The van der Waals surface area contributed by atoms with Gasteiger partial charge in [-0.05, 0) is 62.1 Å². The molecule has 6 aromatic heterocycles. The lowest BCUT2D eigenvalue weighted by Crippen LogP contribution is -2.20. The highest BCUT2D eigenvalue weighted by molar-refractivity contribution is 7.15. The van der Waals surface area contributed by atoms with Gasteiger partial charge in [-0.3, -0.25) is 15.1 Å². The molecule has 9 heteroatoms. The van der Waals surface area contributed by atoms with E-state index in [1.807, 2.05) is 31.0 Å². The first-order chi connectivity index (χ1) is 18.7. The van der Waals surface area contributed by atoms with Gasteiger partial charge in [0.15, 0.2) is 11.5 Å². The van der Waals surface area contributed by atoms with Crippen LogP contribution in [0.25, 0.3) is 55.2 Å². The molecule has 0 aromatic carbocycles. The zero-order chi connectivity index (χ0) is 25.5. The minimum Gasteiger partial charge on any atom is -0.335 e. The van der Waals surface area contributed by atoms with E-state index in [0.29, 0.717) is 11.5 Å². The predicted molar refractivity (Wildman–Crippen MR) is 152 cm³/mol. The Morgan fingerprint density at radius 3 is 2.74 bits per heavy atom. The highest BCUT2D eigenvalue weighted by Crippen LogP contribution is 2.34. The lowest BCUT2D eigenvalue weighted by molar-refractivity contribution is 0.489. The fraction of sp³-hybridized carbons (Fsp3) is 0.276. The van der Waals surface area contributed by atoms with Crippen molar-refractivity contribution in [3.8, 4) is 33.1 Å². The van der Waals surface area contributed by atoms with Crippen LogP contribution in [0, 0.1) is 12.8 Å². The van der Waals surface area contributed by atoms with Crippen LogP contribution in [0.2, 0.25) is 0 Å². The number of hydrogen-bond donors (Lipinski definition) is 3. The molecular formula is C29H28N8S. The van der Waals surface area contributed by atoms with Gasteiger partial charge < -0.3 is 10.3 Å². The number of pyridine rings is 3. The molecule has 0 aliphatic heterocycles. The van der Waals surface area contributed by atoms with Crippen LogP contribution >= 0.6 is 11.3 Å². The molecule has 1 saturated carbocycles. The highest BCUT2D eigenvalue weighted by Gasteiger charge is 2.17. The fourth-order valence-corrected chi connectivity index (χ4v) is 6.30. The molecule has 0 spiro atoms. The van der Waals surface area contributed by atoms with Crippen LogP contribution in [-0.2, 0) is 6.54 Å². The summed E-state index contributed by atoms with van der Waals surface area (Å²) < 4.78 is 0. The summed E-state index contributed by atoms with van der Waals surface area (Å²) in [7, 11) is 0. The molecule has 1 aliphatic rings. The molecule has 0 bridgehead atoms. The van der Waals surface area contributed by atoms with E-state index in [9.17, 15) is 0 Å². The highest BCUT2D eigenvalue weighted by atomic mass is 32.1. The molecule has 7 rings (SSSR count). The number of fused-ring (bicyclic) bond motifs is 2. The number of imidazole rings is 1. The van der Waals surface area contributed by atoms with Gasteiger partial charge in [-0.1, -0.05) is 12.8 Å². The zero-order valence-electron chi connectivity index (χ0n) is 21.2. The summed E-state index contributed by atoms with van der Waals surface area (Å²) in [6.07, 6.45) is 14.8. The molecule has 8 nitrogen and oxygen atoms in total. The minimum atomic E-state index is 0.652. The Labute approximate surface area is 224 Å². The maximum Gasteiger partial charge on any atom is 0.181 e. The Bertz CT molecular complexity index is 1740. The molecule has 3 N–H and O–H groups in total. The second-order valence-electron chi connectivity index (χ2n) is 10.1. The summed E-state index contributed by atoms with van der Waals surface area (Å²) in [5.41, 5.74) is 7.47. The normalized spacial score (nSPS) is 14.2. The third-order valence-corrected chi connectivity index (χ3v) is 8.45. The summed E-state index contributed by atoms with van der Waals surface area (Å²) in [5, 5.41) is 12.1. The van der Waals surface area contributed by atoms with Crippen LogP contribution in [0.5, 0.6) is 0 Å². The molecule has 0 amide bonds. The Hall–Kier alpha value is -3.95. The predicted octanol–water partition coefficient (Wildman–Crippen LogP) is 6.27. The molecule has 6 aromatic rings. The first-order valence-electron chi connectivity index (χ1n) is 13.1. The Morgan fingerprint density at radius 1 is 1.00 bits per heavy atom. The number of aryl methyl sites for hydroxylation is 1. The lowest BCUT2D eigenvalue weighted by atomic mass is 10.1. The number of aromatic nitrogens is 7. The van der Waals surface area contributed by atoms with E-state index in [1.165, 1.54) is 36.1 Å². The van der Waals surface area contributed by atoms with Crippen LogP contribution in [0.1, 0.15) is 36.1 Å². The van der Waals surface area contributed by atoms with E-state index in [2.05, 4.69) is 66.6 Å². The number of rotatable bonds is 7. The van der Waals surface area contributed by atoms with Gasteiger partial charge in [0.05, 0.1) is 17.1 Å². The number of nitrogens with one attached hydrogen (secondary N) is 3. The fourth-order valence-electron chi connectivity index (χ4n) is 5.43. The molecule has 1 aliphatic carbocycles. The molecule has 1 fully saturated rings. The van der Waals surface area contributed by atoms with Gasteiger partial charge in [-0.2, -0.15) is 5.10 Å². The van der Waals surface area contributed by atoms with Crippen molar-refractivity contribution in [2.45, 2.75) is 39.2 Å². The van der Waals surface area contributed by atoms with Crippen molar-refractivity contribution in [1.82, 2.24) is 40.4 Å². The summed E-state index contributed by atoms with van der Waals surface area (Å²) in [6, 6.07) is 8.55. The Balaban J connectivity index is 1.20. The van der Waals surface area contributed by atoms with Crippen LogP contribution in [0.3, 0.4) is 0 Å². The van der Waals surface area contributed by atoms with E-state index in [0.717, 1.165) is 62.7 Å². The Kier molecular flexibility index (Phi) is 5.94. The lowest BCUT2D eigenvalue weighted by Gasteiger charge is -2.11. The van der Waals surface area contributed by atoms with E-state index < -0.39 is 0 Å². The van der Waals surface area contributed by atoms with Crippen molar-refractivity contribution in [1.29, 1.82) is 0 Å². The molecule has 0 unspecified atom stereocenters. The topological polar surface area (TPSA) is 108 Å². The van der Waals surface area contributed by atoms with E-state index in [1.54, 1.807) is 11.3 Å². The molecule has 0 radical (unpaired) electrons. The van der Waals surface area contributed by atoms with Crippen molar-refractivity contribution >= 4 is 33.4 Å². The Morgan fingerprint density at radius 2 is 1.87 bits per heavy atom. The van der Waals surface area contributed by atoms with Gasteiger partial charge in [0, 0.05) is 57.8 Å². The van der Waals surface area contributed by atoms with Crippen LogP contribution in [0.4, 0.5) is 0 Å². The van der Waals surface area contributed by atoms with E-state index >= 15 is 0 Å². The summed E-state index contributed by atoms with van der Waals surface area (Å²) >= 11 is 1.74.